The number of hydrogen-bond donors (Lipinski definition) is 1. The quantitative estimate of drug-likeness (QED) is 0.693. The topological polar surface area (TPSA) is 96.7 Å². The molecule has 29 heavy (non-hydrogen) atoms. The van der Waals surface area contributed by atoms with Crippen molar-refractivity contribution in [2.24, 2.45) is 0 Å². The molecule has 0 saturated carbocycles. The summed E-state index contributed by atoms with van der Waals surface area (Å²) in [6.45, 7) is 0.651. The molecule has 7 nitrogen and oxygen atoms in total. The largest absolute Gasteiger partial charge is 0.451 e. The van der Waals surface area contributed by atoms with E-state index < -0.39 is 15.7 Å². The van der Waals surface area contributed by atoms with Gasteiger partial charge < -0.3 is 14.6 Å². The molecule has 0 atom stereocenters. The molecule has 3 aromatic rings. The Labute approximate surface area is 168 Å². The number of nitrogens with zero attached hydrogens (tertiary/aromatic N) is 1. The van der Waals surface area contributed by atoms with Gasteiger partial charge >= 0.3 is 0 Å². The van der Waals surface area contributed by atoms with E-state index in [-0.39, 0.29) is 17.4 Å². The molecule has 1 aromatic heterocycles. The van der Waals surface area contributed by atoms with Crippen LogP contribution in [0.5, 0.6) is 0 Å². The molecule has 0 spiro atoms. The Morgan fingerprint density at radius 3 is 2.69 bits per heavy atom. The van der Waals surface area contributed by atoms with Crippen LogP contribution in [0.4, 0.5) is 11.4 Å². The van der Waals surface area contributed by atoms with Gasteiger partial charge in [0.1, 0.15) is 5.58 Å². The zero-order valence-electron chi connectivity index (χ0n) is 15.8. The van der Waals surface area contributed by atoms with Gasteiger partial charge in [-0.15, -0.1) is 0 Å². The third-order valence-electron chi connectivity index (χ3n) is 4.80. The lowest BCUT2D eigenvalue weighted by molar-refractivity contribution is -0.117. The van der Waals surface area contributed by atoms with Crippen LogP contribution in [0.2, 0.25) is 0 Å². The highest BCUT2D eigenvalue weighted by molar-refractivity contribution is 7.89. The van der Waals surface area contributed by atoms with Crippen LogP contribution < -0.4 is 10.2 Å². The number of furan rings is 1. The van der Waals surface area contributed by atoms with Crippen LogP contribution in [-0.4, -0.2) is 33.0 Å². The van der Waals surface area contributed by atoms with Gasteiger partial charge in [-0.3, -0.25) is 9.59 Å². The zero-order chi connectivity index (χ0) is 20.6. The number of anilines is 2. The fourth-order valence-corrected chi connectivity index (χ4v) is 4.36. The molecule has 150 valence electrons. The fraction of sp³-hybridized carbons (Fsp3) is 0.238. The summed E-state index contributed by atoms with van der Waals surface area (Å²) in [7, 11) is -3.38. The molecule has 0 unspecified atom stereocenters. The maximum absolute atomic E-state index is 12.9. The molecule has 4 rings (SSSR count). The number of amides is 2. The number of carbonyl (C=O) groups is 2. The highest BCUT2D eigenvalue weighted by atomic mass is 32.2. The number of rotatable bonds is 5. The first-order valence-electron chi connectivity index (χ1n) is 9.22. The van der Waals surface area contributed by atoms with Crippen LogP contribution in [0.1, 0.15) is 29.0 Å². The van der Waals surface area contributed by atoms with Gasteiger partial charge in [-0.05, 0) is 30.7 Å². The first kappa shape index (κ1) is 19.2. The normalized spacial score (nSPS) is 14.5. The predicted octanol–water partition coefficient (Wildman–Crippen LogP) is 3.36. The van der Waals surface area contributed by atoms with Crippen molar-refractivity contribution in [2.75, 3.05) is 23.0 Å². The zero-order valence-corrected chi connectivity index (χ0v) is 16.7. The van der Waals surface area contributed by atoms with E-state index in [1.165, 1.54) is 0 Å². The van der Waals surface area contributed by atoms with Gasteiger partial charge in [0.05, 0.1) is 5.75 Å². The average Bonchev–Trinajstić information content (AvgIpc) is 3.25. The molecule has 0 bridgehead atoms. The van der Waals surface area contributed by atoms with Crippen molar-refractivity contribution < 1.29 is 22.4 Å². The molecule has 2 aromatic carbocycles. The van der Waals surface area contributed by atoms with E-state index in [9.17, 15) is 18.0 Å². The Morgan fingerprint density at radius 2 is 1.97 bits per heavy atom. The van der Waals surface area contributed by atoms with E-state index in [1.54, 1.807) is 47.4 Å². The molecule has 1 saturated heterocycles. The van der Waals surface area contributed by atoms with Gasteiger partial charge in [0, 0.05) is 41.5 Å². The maximum Gasteiger partial charge on any atom is 0.291 e. The summed E-state index contributed by atoms with van der Waals surface area (Å²) >= 11 is 0. The lowest BCUT2D eigenvalue weighted by Crippen LogP contribution is -2.23. The van der Waals surface area contributed by atoms with Crippen LogP contribution in [0.3, 0.4) is 0 Å². The summed E-state index contributed by atoms with van der Waals surface area (Å²) in [5.74, 6) is -0.806. The second-order valence-electron chi connectivity index (χ2n) is 7.13. The van der Waals surface area contributed by atoms with Crippen LogP contribution >= 0.6 is 0 Å². The van der Waals surface area contributed by atoms with Crippen LogP contribution in [0.15, 0.2) is 52.9 Å². The monoisotopic (exact) mass is 412 g/mol. The van der Waals surface area contributed by atoms with Gasteiger partial charge in [-0.25, -0.2) is 8.42 Å². The molecular weight excluding hydrogens is 392 g/mol. The number of carbonyl (C=O) groups excluding carboxylic acids is 2. The highest BCUT2D eigenvalue weighted by Crippen LogP contribution is 2.29. The van der Waals surface area contributed by atoms with Crippen molar-refractivity contribution in [3.05, 3.63) is 59.9 Å². The SMILES string of the molecule is CS(=O)(=O)Cc1c(C(=O)Nc2cccc(N3CCCC3=O)c2)oc2ccccc12. The molecule has 1 N–H and O–H groups in total. The first-order valence-corrected chi connectivity index (χ1v) is 11.3. The summed E-state index contributed by atoms with van der Waals surface area (Å²) in [5.41, 5.74) is 2.00. The van der Waals surface area contributed by atoms with Gasteiger partial charge in [0.15, 0.2) is 15.6 Å². The van der Waals surface area contributed by atoms with Crippen molar-refractivity contribution in [3.63, 3.8) is 0 Å². The van der Waals surface area contributed by atoms with Crippen molar-refractivity contribution in [3.8, 4) is 0 Å². The maximum atomic E-state index is 12.9. The van der Waals surface area contributed by atoms with Crippen molar-refractivity contribution in [1.29, 1.82) is 0 Å². The molecule has 2 amide bonds. The summed E-state index contributed by atoms with van der Waals surface area (Å²) < 4.78 is 29.5. The third kappa shape index (κ3) is 4.02. The van der Waals surface area contributed by atoms with Gasteiger partial charge in [-0.2, -0.15) is 0 Å². The predicted molar refractivity (Wildman–Crippen MR) is 111 cm³/mol. The van der Waals surface area contributed by atoms with Gasteiger partial charge in [0.25, 0.3) is 5.91 Å². The highest BCUT2D eigenvalue weighted by Gasteiger charge is 2.25. The Morgan fingerprint density at radius 1 is 1.17 bits per heavy atom. The average molecular weight is 412 g/mol. The molecule has 0 aliphatic carbocycles. The summed E-state index contributed by atoms with van der Waals surface area (Å²) in [5, 5.41) is 3.36. The molecular formula is C21H20N2O5S. The molecule has 1 aliphatic rings. The van der Waals surface area contributed by atoms with Crippen LogP contribution in [0, 0.1) is 0 Å². The van der Waals surface area contributed by atoms with Crippen molar-refractivity contribution in [1.82, 2.24) is 0 Å². The number of sulfone groups is 1. The van der Waals surface area contributed by atoms with Gasteiger partial charge in [0.2, 0.25) is 5.91 Å². The first-order chi connectivity index (χ1) is 13.8. The Bertz CT molecular complexity index is 1210. The summed E-state index contributed by atoms with van der Waals surface area (Å²) in [6.07, 6.45) is 2.45. The van der Waals surface area contributed by atoms with E-state index in [2.05, 4.69) is 5.32 Å². The minimum Gasteiger partial charge on any atom is -0.451 e. The van der Waals surface area contributed by atoms with E-state index in [0.717, 1.165) is 12.7 Å². The third-order valence-corrected chi connectivity index (χ3v) is 5.61. The van der Waals surface area contributed by atoms with Crippen molar-refractivity contribution >= 4 is 44.0 Å². The van der Waals surface area contributed by atoms with E-state index in [0.29, 0.717) is 40.9 Å². The number of para-hydroxylation sites is 1. The lowest BCUT2D eigenvalue weighted by Gasteiger charge is -2.16. The van der Waals surface area contributed by atoms with Gasteiger partial charge in [-0.1, -0.05) is 24.3 Å². The smallest absolute Gasteiger partial charge is 0.291 e. The van der Waals surface area contributed by atoms with Crippen LogP contribution in [-0.2, 0) is 20.4 Å². The molecule has 2 heterocycles. The molecule has 8 heteroatoms. The fourth-order valence-electron chi connectivity index (χ4n) is 3.55. The van der Waals surface area contributed by atoms with E-state index in [4.69, 9.17) is 4.42 Å². The van der Waals surface area contributed by atoms with E-state index >= 15 is 0 Å². The minimum atomic E-state index is -3.38. The molecule has 0 radical (unpaired) electrons. The summed E-state index contributed by atoms with van der Waals surface area (Å²) in [6, 6.07) is 14.0. The number of hydrogen-bond acceptors (Lipinski definition) is 5. The Kier molecular flexibility index (Phi) is 4.87. The lowest BCUT2D eigenvalue weighted by atomic mass is 10.1. The molecule has 1 aliphatic heterocycles. The number of nitrogens with one attached hydrogen (secondary N) is 1. The Hall–Kier alpha value is -3.13. The minimum absolute atomic E-state index is 0.0284. The second kappa shape index (κ2) is 7.36. The Balaban J connectivity index is 1.66. The van der Waals surface area contributed by atoms with Crippen LogP contribution in [0.25, 0.3) is 11.0 Å². The molecule has 1 fully saturated rings. The standard InChI is InChI=1S/C21H20N2O5S/c1-29(26,27)13-17-16-8-2-3-9-18(16)28-20(17)21(25)22-14-6-4-7-15(12-14)23-11-5-10-19(23)24/h2-4,6-9,12H,5,10-11,13H2,1H3,(H,22,25). The van der Waals surface area contributed by atoms with E-state index in [1.807, 2.05) is 6.07 Å². The van der Waals surface area contributed by atoms with Crippen molar-refractivity contribution in [2.45, 2.75) is 18.6 Å². The second-order valence-corrected chi connectivity index (χ2v) is 9.27. The summed E-state index contributed by atoms with van der Waals surface area (Å²) in [4.78, 5) is 26.6. The number of benzene rings is 2. The number of fused-ring (bicyclic) bond motifs is 1.